The van der Waals surface area contributed by atoms with Gasteiger partial charge in [0.05, 0.1) is 5.70 Å². The van der Waals surface area contributed by atoms with Crippen LogP contribution in [-0.4, -0.2) is 11.1 Å². The van der Waals surface area contributed by atoms with E-state index in [1.54, 1.807) is 24.3 Å². The molecule has 0 unspecified atom stereocenters. The van der Waals surface area contributed by atoms with Crippen LogP contribution in [0.15, 0.2) is 54.2 Å². The standard InChI is InChI=1S/C16H17N3O3/c1-10-2-6-12(7-3-10)22-13-8-4-11(5-9-13)14(17)15(19-18)16(20)21/h2-9,19H,17-18H2,1H3,(H,20,21)/b15-14-. The summed E-state index contributed by atoms with van der Waals surface area (Å²) in [6.07, 6.45) is 0. The van der Waals surface area contributed by atoms with E-state index in [0.717, 1.165) is 11.3 Å². The fourth-order valence-corrected chi connectivity index (χ4v) is 1.84. The second kappa shape index (κ2) is 6.64. The van der Waals surface area contributed by atoms with E-state index in [4.69, 9.17) is 21.4 Å². The van der Waals surface area contributed by atoms with Crippen molar-refractivity contribution in [2.75, 3.05) is 0 Å². The van der Waals surface area contributed by atoms with Gasteiger partial charge in [-0.05, 0) is 43.3 Å². The molecule has 0 radical (unpaired) electrons. The summed E-state index contributed by atoms with van der Waals surface area (Å²) in [4.78, 5) is 11.0. The third-order valence-corrected chi connectivity index (χ3v) is 3.05. The highest BCUT2D eigenvalue weighted by Gasteiger charge is 2.12. The Bertz CT molecular complexity index is 692. The van der Waals surface area contributed by atoms with Crippen molar-refractivity contribution in [3.05, 3.63) is 65.4 Å². The highest BCUT2D eigenvalue weighted by molar-refractivity contribution is 5.94. The van der Waals surface area contributed by atoms with Crippen LogP contribution in [0.25, 0.3) is 5.70 Å². The highest BCUT2D eigenvalue weighted by atomic mass is 16.5. The first kappa shape index (κ1) is 15.4. The molecule has 0 heterocycles. The minimum Gasteiger partial charge on any atom is -0.476 e. The largest absolute Gasteiger partial charge is 0.476 e. The van der Waals surface area contributed by atoms with Gasteiger partial charge in [0.2, 0.25) is 0 Å². The van der Waals surface area contributed by atoms with Crippen molar-refractivity contribution in [2.24, 2.45) is 11.6 Å². The van der Waals surface area contributed by atoms with Crippen LogP contribution in [0.1, 0.15) is 11.1 Å². The first-order valence-corrected chi connectivity index (χ1v) is 6.56. The lowest BCUT2D eigenvalue weighted by atomic mass is 10.1. The van der Waals surface area contributed by atoms with Gasteiger partial charge in [0.25, 0.3) is 0 Å². The van der Waals surface area contributed by atoms with E-state index in [1.807, 2.05) is 31.2 Å². The normalized spacial score (nSPS) is 11.5. The van der Waals surface area contributed by atoms with Crippen molar-refractivity contribution >= 4 is 11.7 Å². The van der Waals surface area contributed by atoms with Crippen molar-refractivity contribution in [3.63, 3.8) is 0 Å². The van der Waals surface area contributed by atoms with Gasteiger partial charge in [0.15, 0.2) is 5.70 Å². The molecule has 2 rings (SSSR count). The first-order chi connectivity index (χ1) is 10.5. The molecule has 6 N–H and O–H groups in total. The molecular weight excluding hydrogens is 282 g/mol. The van der Waals surface area contributed by atoms with Crippen molar-refractivity contribution in [3.8, 4) is 11.5 Å². The summed E-state index contributed by atoms with van der Waals surface area (Å²) in [7, 11) is 0. The first-order valence-electron chi connectivity index (χ1n) is 6.56. The summed E-state index contributed by atoms with van der Waals surface area (Å²) in [6, 6.07) is 14.4. The summed E-state index contributed by atoms with van der Waals surface area (Å²) in [6.45, 7) is 2.00. The third-order valence-electron chi connectivity index (χ3n) is 3.05. The van der Waals surface area contributed by atoms with Crippen molar-refractivity contribution in [1.29, 1.82) is 0 Å². The van der Waals surface area contributed by atoms with Gasteiger partial charge >= 0.3 is 5.97 Å². The number of hydrazine groups is 1. The van der Waals surface area contributed by atoms with E-state index >= 15 is 0 Å². The zero-order valence-electron chi connectivity index (χ0n) is 12.0. The second-order valence-electron chi connectivity index (χ2n) is 4.68. The third kappa shape index (κ3) is 3.56. The van der Waals surface area contributed by atoms with E-state index in [0.29, 0.717) is 11.3 Å². The monoisotopic (exact) mass is 299 g/mol. The molecule has 0 saturated heterocycles. The predicted molar refractivity (Wildman–Crippen MR) is 83.8 cm³/mol. The molecule has 0 aliphatic carbocycles. The van der Waals surface area contributed by atoms with Crippen LogP contribution in [0.3, 0.4) is 0 Å². The molecule has 0 bridgehead atoms. The van der Waals surface area contributed by atoms with Gasteiger partial charge < -0.3 is 21.0 Å². The molecule has 0 aliphatic heterocycles. The molecule has 0 fully saturated rings. The number of hydrogen-bond donors (Lipinski definition) is 4. The van der Waals surface area contributed by atoms with Crippen LogP contribution in [-0.2, 0) is 4.79 Å². The molecule has 0 aromatic heterocycles. The Morgan fingerprint density at radius 1 is 1.05 bits per heavy atom. The summed E-state index contributed by atoms with van der Waals surface area (Å²) < 4.78 is 5.69. The minimum absolute atomic E-state index is 0.0527. The van der Waals surface area contributed by atoms with Crippen LogP contribution < -0.4 is 21.7 Å². The SMILES string of the molecule is Cc1ccc(Oc2ccc(/C(N)=C(/NN)C(=O)O)cc2)cc1. The fraction of sp³-hybridized carbons (Fsp3) is 0.0625. The number of rotatable bonds is 5. The van der Waals surface area contributed by atoms with Crippen LogP contribution in [0.2, 0.25) is 0 Å². The molecule has 2 aromatic rings. The van der Waals surface area contributed by atoms with Crippen LogP contribution in [0.4, 0.5) is 0 Å². The van der Waals surface area contributed by atoms with Crippen LogP contribution >= 0.6 is 0 Å². The number of hydrogen-bond acceptors (Lipinski definition) is 5. The average molecular weight is 299 g/mol. The lowest BCUT2D eigenvalue weighted by molar-refractivity contribution is -0.133. The molecule has 0 amide bonds. The Labute approximate surface area is 128 Å². The topological polar surface area (TPSA) is 111 Å². The number of nitrogens with one attached hydrogen (secondary N) is 1. The van der Waals surface area contributed by atoms with Gasteiger partial charge in [0.1, 0.15) is 11.5 Å². The molecule has 22 heavy (non-hydrogen) atoms. The maximum atomic E-state index is 11.0. The summed E-state index contributed by atoms with van der Waals surface area (Å²) >= 11 is 0. The fourth-order valence-electron chi connectivity index (χ4n) is 1.84. The Morgan fingerprint density at radius 3 is 2.00 bits per heavy atom. The summed E-state index contributed by atoms with van der Waals surface area (Å²) in [5, 5.41) is 8.97. The average Bonchev–Trinajstić information content (AvgIpc) is 2.50. The van der Waals surface area contributed by atoms with Crippen molar-refractivity contribution in [2.45, 2.75) is 6.92 Å². The van der Waals surface area contributed by atoms with E-state index < -0.39 is 5.97 Å². The number of carboxylic acids is 1. The van der Waals surface area contributed by atoms with Gasteiger partial charge in [-0.1, -0.05) is 17.7 Å². The number of aryl methyl sites for hydroxylation is 1. The van der Waals surface area contributed by atoms with E-state index in [1.165, 1.54) is 0 Å². The van der Waals surface area contributed by atoms with Crippen LogP contribution in [0, 0.1) is 6.92 Å². The maximum Gasteiger partial charge on any atom is 0.355 e. The van der Waals surface area contributed by atoms with Crippen molar-refractivity contribution < 1.29 is 14.6 Å². The summed E-state index contributed by atoms with van der Waals surface area (Å²) in [5.74, 6) is 5.28. The highest BCUT2D eigenvalue weighted by Crippen LogP contribution is 2.23. The lowest BCUT2D eigenvalue weighted by Gasteiger charge is -2.09. The van der Waals surface area contributed by atoms with E-state index in [2.05, 4.69) is 5.43 Å². The smallest absolute Gasteiger partial charge is 0.355 e. The van der Waals surface area contributed by atoms with Gasteiger partial charge in [-0.3, -0.25) is 5.84 Å². The maximum absolute atomic E-state index is 11.0. The minimum atomic E-state index is -1.22. The molecule has 114 valence electrons. The number of carbonyl (C=O) groups is 1. The number of ether oxygens (including phenoxy) is 1. The molecule has 0 atom stereocenters. The predicted octanol–water partition coefficient (Wildman–Crippen LogP) is 1.96. The molecule has 6 nitrogen and oxygen atoms in total. The quantitative estimate of drug-likeness (QED) is 0.381. The van der Waals surface area contributed by atoms with E-state index in [9.17, 15) is 4.79 Å². The van der Waals surface area contributed by atoms with Crippen molar-refractivity contribution in [1.82, 2.24) is 5.43 Å². The number of aliphatic carboxylic acids is 1. The number of benzene rings is 2. The van der Waals surface area contributed by atoms with Gasteiger partial charge in [-0.15, -0.1) is 0 Å². The molecule has 6 heteroatoms. The Hall–Kier alpha value is -2.99. The van der Waals surface area contributed by atoms with Gasteiger partial charge in [0, 0.05) is 5.56 Å². The molecule has 0 saturated carbocycles. The molecule has 0 spiro atoms. The Morgan fingerprint density at radius 2 is 1.55 bits per heavy atom. The second-order valence-corrected chi connectivity index (χ2v) is 4.68. The number of nitrogens with two attached hydrogens (primary N) is 2. The van der Waals surface area contributed by atoms with Gasteiger partial charge in [-0.25, -0.2) is 4.79 Å². The Kier molecular flexibility index (Phi) is 4.65. The lowest BCUT2D eigenvalue weighted by Crippen LogP contribution is -2.29. The number of carboxylic acid groups (broad SMARTS) is 1. The van der Waals surface area contributed by atoms with E-state index in [-0.39, 0.29) is 11.4 Å². The summed E-state index contributed by atoms with van der Waals surface area (Å²) in [5.41, 5.74) is 9.35. The Balaban J connectivity index is 2.20. The zero-order chi connectivity index (χ0) is 16.1. The van der Waals surface area contributed by atoms with Crippen LogP contribution in [0.5, 0.6) is 11.5 Å². The van der Waals surface area contributed by atoms with Gasteiger partial charge in [-0.2, -0.15) is 0 Å². The molecule has 0 aliphatic rings. The molecular formula is C16H17N3O3. The zero-order valence-corrected chi connectivity index (χ0v) is 12.0. The molecule has 2 aromatic carbocycles.